The Bertz CT molecular complexity index is 1530. The van der Waals surface area contributed by atoms with Gasteiger partial charge in [-0.25, -0.2) is 4.79 Å². The number of benzene rings is 2. The van der Waals surface area contributed by atoms with Crippen molar-refractivity contribution in [1.82, 2.24) is 20.1 Å². The predicted octanol–water partition coefficient (Wildman–Crippen LogP) is 2.83. The predicted molar refractivity (Wildman–Crippen MR) is 168 cm³/mol. The van der Waals surface area contributed by atoms with E-state index in [1.165, 1.54) is 6.20 Å². The van der Waals surface area contributed by atoms with Crippen molar-refractivity contribution in [2.75, 3.05) is 69.3 Å². The molecule has 46 heavy (non-hydrogen) atoms. The third-order valence-corrected chi connectivity index (χ3v) is 7.69. The molecule has 0 aliphatic carbocycles. The first-order valence-corrected chi connectivity index (χ1v) is 15.0. The zero-order chi connectivity index (χ0) is 32.3. The van der Waals surface area contributed by atoms with Gasteiger partial charge in [0.15, 0.2) is 6.61 Å². The van der Waals surface area contributed by atoms with Crippen LogP contribution in [0.15, 0.2) is 78.2 Å². The molecule has 3 heterocycles. The van der Waals surface area contributed by atoms with E-state index in [1.807, 2.05) is 15.9 Å². The monoisotopic (exact) mass is 629 g/mol. The summed E-state index contributed by atoms with van der Waals surface area (Å²) in [5, 5.41) is 8.13. The van der Waals surface area contributed by atoms with Crippen LogP contribution in [0, 0.1) is 4.91 Å². The average Bonchev–Trinajstić information content (AvgIpc) is 3.11. The molecule has 240 valence electrons. The fourth-order valence-electron chi connectivity index (χ4n) is 5.29. The highest BCUT2D eigenvalue weighted by molar-refractivity contribution is 6.00. The number of nitrogens with zero attached hydrogens (tertiary/aromatic N) is 5. The lowest BCUT2D eigenvalue weighted by molar-refractivity contribution is -0.119. The fourth-order valence-corrected chi connectivity index (χ4v) is 5.29. The number of ether oxygens (including phenoxy) is 2. The minimum absolute atomic E-state index is 0.0204. The number of anilines is 2. The third-order valence-electron chi connectivity index (χ3n) is 7.69. The lowest BCUT2D eigenvalue weighted by Gasteiger charge is -2.39. The van der Waals surface area contributed by atoms with E-state index in [0.29, 0.717) is 75.2 Å². The molecule has 2 aromatic carbocycles. The number of nitrogens with one attached hydrogen (secondary N) is 2. The lowest BCUT2D eigenvalue weighted by Crippen LogP contribution is -2.55. The summed E-state index contributed by atoms with van der Waals surface area (Å²) in [7, 11) is 0. The molecular weight excluding hydrogens is 594 g/mol. The summed E-state index contributed by atoms with van der Waals surface area (Å²) in [6.45, 7) is 3.89. The van der Waals surface area contributed by atoms with Gasteiger partial charge in [-0.3, -0.25) is 19.4 Å². The second kappa shape index (κ2) is 15.6. The molecule has 2 aliphatic heterocycles. The van der Waals surface area contributed by atoms with E-state index >= 15 is 0 Å². The van der Waals surface area contributed by atoms with Crippen LogP contribution in [-0.4, -0.2) is 97.6 Å². The molecule has 14 heteroatoms. The van der Waals surface area contributed by atoms with Gasteiger partial charge >= 0.3 is 6.03 Å². The molecule has 0 saturated carbocycles. The van der Waals surface area contributed by atoms with Gasteiger partial charge in [-0.1, -0.05) is 24.3 Å². The molecular formula is C32H35N7O7. The van der Waals surface area contributed by atoms with E-state index in [9.17, 15) is 24.1 Å². The van der Waals surface area contributed by atoms with Crippen molar-refractivity contribution in [2.24, 2.45) is 5.18 Å². The number of rotatable bonds is 10. The summed E-state index contributed by atoms with van der Waals surface area (Å²) in [5.74, 6) is -1.34. The number of aromatic nitrogens is 1. The summed E-state index contributed by atoms with van der Waals surface area (Å²) >= 11 is 0. The van der Waals surface area contributed by atoms with Gasteiger partial charge in [0.2, 0.25) is 0 Å². The van der Waals surface area contributed by atoms with Gasteiger partial charge in [0, 0.05) is 62.4 Å². The van der Waals surface area contributed by atoms with Crippen molar-refractivity contribution in [1.29, 1.82) is 0 Å². The quantitative estimate of drug-likeness (QED) is 0.321. The van der Waals surface area contributed by atoms with Gasteiger partial charge in [-0.05, 0) is 42.0 Å². The van der Waals surface area contributed by atoms with E-state index < -0.39 is 23.8 Å². The summed E-state index contributed by atoms with van der Waals surface area (Å²) < 4.78 is 11.0. The standard InChI is InChI=1S/C32H35N7O7/c40-29(36-44)20-26(24-5-4-10-33-21-24)35-31(42)23-8-9-28(27(19-23)34-30(41)22-46-25-6-2-1-3-7-25)37-11-13-38(14-12-37)32(43)39-15-17-45-18-16-39/h1-10,19,21,26H,11-18,20,22H2,(H,34,41)(H,35,42). The van der Waals surface area contributed by atoms with Crippen LogP contribution in [0.3, 0.4) is 0 Å². The molecule has 1 atom stereocenters. The Morgan fingerprint density at radius 3 is 2.35 bits per heavy atom. The number of urea groups is 1. The Morgan fingerprint density at radius 2 is 1.65 bits per heavy atom. The Hall–Kier alpha value is -5.37. The third kappa shape index (κ3) is 8.41. The molecule has 1 unspecified atom stereocenters. The zero-order valence-electron chi connectivity index (χ0n) is 25.2. The highest BCUT2D eigenvalue weighted by atomic mass is 16.5. The van der Waals surface area contributed by atoms with Crippen LogP contribution in [0.4, 0.5) is 16.2 Å². The van der Waals surface area contributed by atoms with Gasteiger partial charge < -0.3 is 34.8 Å². The minimum Gasteiger partial charge on any atom is -0.484 e. The number of carbonyl (C=O) groups excluding carboxylic acids is 4. The summed E-state index contributed by atoms with van der Waals surface area (Å²) in [4.78, 5) is 71.9. The van der Waals surface area contributed by atoms with Crippen molar-refractivity contribution in [3.63, 3.8) is 0 Å². The second-order valence-electron chi connectivity index (χ2n) is 10.7. The van der Waals surface area contributed by atoms with Crippen LogP contribution in [0.5, 0.6) is 5.75 Å². The number of hydrogen-bond donors (Lipinski definition) is 2. The molecule has 0 radical (unpaired) electrons. The van der Waals surface area contributed by atoms with Crippen LogP contribution in [-0.2, 0) is 14.3 Å². The van der Waals surface area contributed by atoms with Gasteiger partial charge in [0.05, 0.1) is 37.1 Å². The topological polar surface area (TPSA) is 163 Å². The Balaban J connectivity index is 1.33. The number of hydrogen-bond acceptors (Lipinski definition) is 9. The number of nitroso groups, excluding NO2 is 1. The zero-order valence-corrected chi connectivity index (χ0v) is 25.2. The van der Waals surface area contributed by atoms with E-state index in [-0.39, 0.29) is 24.6 Å². The molecule has 2 saturated heterocycles. The molecule has 2 aliphatic rings. The van der Waals surface area contributed by atoms with E-state index in [0.717, 1.165) is 0 Å². The van der Waals surface area contributed by atoms with Gasteiger partial charge in [-0.15, -0.1) is 4.91 Å². The van der Waals surface area contributed by atoms with E-state index in [4.69, 9.17) is 9.47 Å². The first-order valence-electron chi connectivity index (χ1n) is 15.0. The molecule has 2 N–H and O–H groups in total. The second-order valence-corrected chi connectivity index (χ2v) is 10.7. The Labute approximate surface area is 265 Å². The maximum absolute atomic E-state index is 13.4. The molecule has 0 spiro atoms. The van der Waals surface area contributed by atoms with E-state index in [1.54, 1.807) is 65.7 Å². The maximum Gasteiger partial charge on any atom is 0.320 e. The highest BCUT2D eigenvalue weighted by Gasteiger charge is 2.28. The Morgan fingerprint density at radius 1 is 0.913 bits per heavy atom. The lowest BCUT2D eigenvalue weighted by atomic mass is 10.0. The first-order chi connectivity index (χ1) is 22.4. The molecule has 14 nitrogen and oxygen atoms in total. The van der Waals surface area contributed by atoms with Gasteiger partial charge in [0.1, 0.15) is 5.75 Å². The number of piperazine rings is 1. The fraction of sp³-hybridized carbons (Fsp3) is 0.344. The molecule has 1 aromatic heterocycles. The van der Waals surface area contributed by atoms with Crippen LogP contribution in [0.2, 0.25) is 0 Å². The van der Waals surface area contributed by atoms with Crippen LogP contribution in [0.25, 0.3) is 0 Å². The molecule has 5 amide bonds. The number of para-hydroxylation sites is 1. The normalized spacial score (nSPS) is 15.4. The molecule has 2 fully saturated rings. The van der Waals surface area contributed by atoms with Crippen molar-refractivity contribution < 1.29 is 28.7 Å². The largest absolute Gasteiger partial charge is 0.484 e. The smallest absolute Gasteiger partial charge is 0.320 e. The molecule has 3 aromatic rings. The van der Waals surface area contributed by atoms with Crippen LogP contribution < -0.4 is 20.3 Å². The average molecular weight is 630 g/mol. The minimum atomic E-state index is -0.915. The number of amides is 5. The Kier molecular flexibility index (Phi) is 10.8. The molecule has 0 bridgehead atoms. The van der Waals surface area contributed by atoms with E-state index in [2.05, 4.69) is 20.8 Å². The van der Waals surface area contributed by atoms with Crippen molar-refractivity contribution in [3.05, 3.63) is 89.1 Å². The highest BCUT2D eigenvalue weighted by Crippen LogP contribution is 2.29. The summed E-state index contributed by atoms with van der Waals surface area (Å²) in [5.41, 5.74) is 1.79. The van der Waals surface area contributed by atoms with Crippen molar-refractivity contribution in [2.45, 2.75) is 12.5 Å². The molecule has 5 rings (SSSR count). The first kappa shape index (κ1) is 32.0. The van der Waals surface area contributed by atoms with Crippen molar-refractivity contribution >= 4 is 35.1 Å². The number of carbonyl (C=O) groups is 4. The van der Waals surface area contributed by atoms with Crippen LogP contribution in [0.1, 0.15) is 28.4 Å². The van der Waals surface area contributed by atoms with Crippen LogP contribution >= 0.6 is 0 Å². The number of pyridine rings is 1. The van der Waals surface area contributed by atoms with Gasteiger partial charge in [0.25, 0.3) is 17.7 Å². The maximum atomic E-state index is 13.4. The van der Waals surface area contributed by atoms with Gasteiger partial charge in [-0.2, -0.15) is 0 Å². The summed E-state index contributed by atoms with van der Waals surface area (Å²) in [6, 6.07) is 16.3. The summed E-state index contributed by atoms with van der Waals surface area (Å²) in [6.07, 6.45) is 2.70. The number of morpholine rings is 1. The SMILES string of the molecule is O=NC(=O)CC(NC(=O)c1ccc(N2CCN(C(=O)N3CCOCC3)CC2)c(NC(=O)COc2ccccc2)c1)c1cccnc1. The van der Waals surface area contributed by atoms with Crippen molar-refractivity contribution in [3.8, 4) is 5.75 Å².